The van der Waals surface area contributed by atoms with Gasteiger partial charge in [-0.3, -0.25) is 14.6 Å². The van der Waals surface area contributed by atoms with Crippen molar-refractivity contribution < 1.29 is 9.90 Å². The van der Waals surface area contributed by atoms with Gasteiger partial charge in [-0.25, -0.2) is 0 Å². The lowest BCUT2D eigenvalue weighted by atomic mass is 9.76. The summed E-state index contributed by atoms with van der Waals surface area (Å²) >= 11 is 0. The zero-order valence-electron chi connectivity index (χ0n) is 14.1. The van der Waals surface area contributed by atoms with Crippen LogP contribution in [0.1, 0.15) is 34.9 Å². The number of nitrogens with zero attached hydrogens (tertiary/aromatic N) is 1. The molecule has 1 atom stereocenters. The number of hydrogen-bond acceptors (Lipinski definition) is 4. The molecule has 1 aliphatic carbocycles. The van der Waals surface area contributed by atoms with E-state index in [2.05, 4.69) is 15.3 Å². The molecule has 132 valence electrons. The number of aliphatic hydroxyl groups is 1. The number of amides is 1. The molecule has 0 aliphatic heterocycles. The first kappa shape index (κ1) is 16.5. The lowest BCUT2D eigenvalue weighted by Crippen LogP contribution is -2.42. The molecular formula is C20H19N3O3. The van der Waals surface area contributed by atoms with Crippen molar-refractivity contribution in [2.24, 2.45) is 5.92 Å². The maximum atomic E-state index is 13.0. The second kappa shape index (κ2) is 6.72. The summed E-state index contributed by atoms with van der Waals surface area (Å²) in [4.78, 5) is 32.0. The highest BCUT2D eigenvalue weighted by Crippen LogP contribution is 2.37. The van der Waals surface area contributed by atoms with E-state index in [9.17, 15) is 14.7 Å². The molecule has 2 heterocycles. The van der Waals surface area contributed by atoms with Crippen LogP contribution in [0, 0.1) is 5.92 Å². The maximum absolute atomic E-state index is 13.0. The average Bonchev–Trinajstić information content (AvgIpc) is 2.63. The van der Waals surface area contributed by atoms with Crippen LogP contribution in [0.2, 0.25) is 0 Å². The molecule has 6 heteroatoms. The first-order valence-electron chi connectivity index (χ1n) is 8.64. The Morgan fingerprint density at radius 1 is 1.19 bits per heavy atom. The number of fused-ring (bicyclic) bond motifs is 1. The van der Waals surface area contributed by atoms with Crippen LogP contribution in [0.15, 0.2) is 59.5 Å². The molecule has 1 amide bonds. The van der Waals surface area contributed by atoms with Gasteiger partial charge >= 0.3 is 0 Å². The zero-order valence-corrected chi connectivity index (χ0v) is 14.1. The van der Waals surface area contributed by atoms with Crippen molar-refractivity contribution in [2.75, 3.05) is 0 Å². The Labute approximate surface area is 149 Å². The summed E-state index contributed by atoms with van der Waals surface area (Å²) in [5, 5.41) is 13.4. The summed E-state index contributed by atoms with van der Waals surface area (Å²) in [6.45, 7) is 0. The molecule has 0 bridgehead atoms. The molecule has 0 radical (unpaired) electrons. The van der Waals surface area contributed by atoms with Crippen molar-refractivity contribution >= 4 is 16.8 Å². The van der Waals surface area contributed by atoms with E-state index in [1.165, 1.54) is 6.07 Å². The number of aromatic nitrogens is 2. The van der Waals surface area contributed by atoms with E-state index in [1.807, 2.05) is 36.4 Å². The fourth-order valence-corrected chi connectivity index (χ4v) is 3.51. The molecule has 3 aromatic rings. The summed E-state index contributed by atoms with van der Waals surface area (Å²) in [5.41, 5.74) is 1.40. The highest BCUT2D eigenvalue weighted by atomic mass is 16.3. The minimum absolute atomic E-state index is 0.122. The third-order valence-electron chi connectivity index (χ3n) is 4.91. The number of pyridine rings is 2. The van der Waals surface area contributed by atoms with E-state index >= 15 is 0 Å². The molecule has 1 aliphatic rings. The first-order chi connectivity index (χ1) is 12.6. The van der Waals surface area contributed by atoms with Crippen LogP contribution in [-0.4, -0.2) is 27.1 Å². The third kappa shape index (κ3) is 3.11. The quantitative estimate of drug-likeness (QED) is 0.673. The van der Waals surface area contributed by atoms with Gasteiger partial charge in [0.1, 0.15) is 0 Å². The second-order valence-corrected chi connectivity index (χ2v) is 6.68. The van der Waals surface area contributed by atoms with Crippen LogP contribution in [0.25, 0.3) is 10.9 Å². The van der Waals surface area contributed by atoms with Crippen molar-refractivity contribution in [2.45, 2.75) is 25.0 Å². The number of nitrogens with one attached hydrogen (secondary N) is 2. The Bertz CT molecular complexity index is 994. The van der Waals surface area contributed by atoms with Gasteiger partial charge in [0.25, 0.3) is 5.91 Å². The zero-order chi connectivity index (χ0) is 18.1. The van der Waals surface area contributed by atoms with Crippen molar-refractivity contribution in [1.29, 1.82) is 0 Å². The summed E-state index contributed by atoms with van der Waals surface area (Å²) in [5.74, 6) is -0.193. The van der Waals surface area contributed by atoms with Gasteiger partial charge in [-0.1, -0.05) is 24.3 Å². The highest BCUT2D eigenvalue weighted by Gasteiger charge is 2.36. The number of rotatable bonds is 4. The molecule has 4 rings (SSSR count). The normalized spacial score (nSPS) is 20.3. The number of hydrogen-bond donors (Lipinski definition) is 3. The molecular weight excluding hydrogens is 330 g/mol. The second-order valence-electron chi connectivity index (χ2n) is 6.68. The van der Waals surface area contributed by atoms with Crippen molar-refractivity contribution in [1.82, 2.24) is 15.3 Å². The van der Waals surface area contributed by atoms with Gasteiger partial charge in [0, 0.05) is 23.2 Å². The Hall–Kier alpha value is -2.99. The SMILES string of the molecule is O=C(N[C@H](c1ccccn1)C1CC(O)C1)c1cc(=O)[nH]c2ccccc12. The Kier molecular flexibility index (Phi) is 4.26. The number of carbonyl (C=O) groups excluding carboxylic acids is 1. The minimum Gasteiger partial charge on any atom is -0.393 e. The molecule has 1 aromatic carbocycles. The molecule has 0 spiro atoms. The Morgan fingerprint density at radius 3 is 2.69 bits per heavy atom. The lowest BCUT2D eigenvalue weighted by molar-refractivity contribution is 0.0228. The van der Waals surface area contributed by atoms with Gasteiger partial charge in [-0.2, -0.15) is 0 Å². The van der Waals surface area contributed by atoms with Crippen LogP contribution >= 0.6 is 0 Å². The molecule has 6 nitrogen and oxygen atoms in total. The van der Waals surface area contributed by atoms with E-state index in [4.69, 9.17) is 0 Å². The van der Waals surface area contributed by atoms with Crippen LogP contribution in [0.3, 0.4) is 0 Å². The lowest BCUT2D eigenvalue weighted by Gasteiger charge is -2.37. The van der Waals surface area contributed by atoms with E-state index < -0.39 is 0 Å². The summed E-state index contributed by atoms with van der Waals surface area (Å²) in [6.07, 6.45) is 2.60. The molecule has 1 fully saturated rings. The van der Waals surface area contributed by atoms with Crippen molar-refractivity contribution in [3.63, 3.8) is 0 Å². The molecule has 26 heavy (non-hydrogen) atoms. The summed E-state index contributed by atoms with van der Waals surface area (Å²) in [7, 11) is 0. The number of aliphatic hydroxyl groups excluding tert-OH is 1. The highest BCUT2D eigenvalue weighted by molar-refractivity contribution is 6.06. The predicted molar refractivity (Wildman–Crippen MR) is 97.7 cm³/mol. The largest absolute Gasteiger partial charge is 0.393 e. The predicted octanol–water partition coefficient (Wildman–Crippen LogP) is 2.17. The van der Waals surface area contributed by atoms with Crippen molar-refractivity contribution in [3.05, 3.63) is 76.3 Å². The first-order valence-corrected chi connectivity index (χ1v) is 8.64. The molecule has 3 N–H and O–H groups in total. The Morgan fingerprint density at radius 2 is 1.96 bits per heavy atom. The van der Waals surface area contributed by atoms with Crippen LogP contribution in [0.5, 0.6) is 0 Å². The monoisotopic (exact) mass is 349 g/mol. The average molecular weight is 349 g/mol. The molecule has 0 saturated heterocycles. The summed E-state index contributed by atoms with van der Waals surface area (Å²) < 4.78 is 0. The van der Waals surface area contributed by atoms with E-state index in [-0.39, 0.29) is 29.5 Å². The number of H-pyrrole nitrogens is 1. The maximum Gasteiger partial charge on any atom is 0.252 e. The summed E-state index contributed by atoms with van der Waals surface area (Å²) in [6, 6.07) is 13.8. The Balaban J connectivity index is 1.68. The van der Waals surface area contributed by atoms with E-state index in [0.717, 1.165) is 5.69 Å². The number of carbonyl (C=O) groups is 1. The van der Waals surface area contributed by atoms with E-state index in [1.54, 1.807) is 12.3 Å². The van der Waals surface area contributed by atoms with Crippen LogP contribution in [-0.2, 0) is 0 Å². The topological polar surface area (TPSA) is 95.1 Å². The van der Waals surface area contributed by atoms with Gasteiger partial charge in [-0.15, -0.1) is 0 Å². The van der Waals surface area contributed by atoms with Gasteiger partial charge in [0.15, 0.2) is 0 Å². The van der Waals surface area contributed by atoms with Gasteiger partial charge in [0.05, 0.1) is 23.4 Å². The van der Waals surface area contributed by atoms with Gasteiger partial charge in [-0.05, 0) is 37.0 Å². The fourth-order valence-electron chi connectivity index (χ4n) is 3.51. The molecule has 2 aromatic heterocycles. The number of para-hydroxylation sites is 1. The molecule has 0 unspecified atom stereocenters. The van der Waals surface area contributed by atoms with Crippen LogP contribution < -0.4 is 10.9 Å². The number of aromatic amines is 1. The third-order valence-corrected chi connectivity index (χ3v) is 4.91. The van der Waals surface area contributed by atoms with Crippen LogP contribution in [0.4, 0.5) is 0 Å². The van der Waals surface area contributed by atoms with E-state index in [0.29, 0.717) is 29.3 Å². The van der Waals surface area contributed by atoms with Gasteiger partial charge < -0.3 is 15.4 Å². The smallest absolute Gasteiger partial charge is 0.252 e. The van der Waals surface area contributed by atoms with Gasteiger partial charge in [0.2, 0.25) is 5.56 Å². The molecule has 1 saturated carbocycles. The standard InChI is InChI=1S/C20H19N3O3/c24-13-9-12(10-13)19(17-7-3-4-8-21-17)23-20(26)15-11-18(25)22-16-6-2-1-5-14(15)16/h1-8,11-13,19,24H,9-10H2,(H,22,25)(H,23,26)/t12?,13?,19-/m0/s1. The number of benzene rings is 1. The van der Waals surface area contributed by atoms with Crippen molar-refractivity contribution in [3.8, 4) is 0 Å². The fraction of sp³-hybridized carbons (Fsp3) is 0.250. The minimum atomic E-state index is -0.330.